The van der Waals surface area contributed by atoms with Crippen LogP contribution in [0.5, 0.6) is 0 Å². The Hall–Kier alpha value is -3.40. The van der Waals surface area contributed by atoms with Gasteiger partial charge in [-0.3, -0.25) is 25.0 Å². The fraction of sp³-hybridized carbons (Fsp3) is 0.235. The molecule has 0 saturated carbocycles. The maximum absolute atomic E-state index is 13.4. The molecule has 144 valence electrons. The molecule has 0 fully saturated rings. The molecule has 0 aliphatic heterocycles. The van der Waals surface area contributed by atoms with E-state index < -0.39 is 32.9 Å². The molecule has 10 heteroatoms. The maximum Gasteiger partial charge on any atom is 0.277 e. The number of nitro benzene ring substituents is 2. The van der Waals surface area contributed by atoms with Gasteiger partial charge >= 0.3 is 0 Å². The van der Waals surface area contributed by atoms with Crippen molar-refractivity contribution in [1.29, 1.82) is 0 Å². The van der Waals surface area contributed by atoms with Crippen molar-refractivity contribution in [2.75, 3.05) is 13.2 Å². The number of ether oxygens (including phenoxy) is 1. The van der Waals surface area contributed by atoms with Gasteiger partial charge in [-0.25, -0.2) is 4.39 Å². The van der Waals surface area contributed by atoms with E-state index in [1.165, 1.54) is 6.07 Å². The molecule has 0 bridgehead atoms. The Balaban J connectivity index is 0.00000364. The van der Waals surface area contributed by atoms with Gasteiger partial charge in [0, 0.05) is 24.2 Å². The van der Waals surface area contributed by atoms with Gasteiger partial charge in [0.25, 0.3) is 17.3 Å². The van der Waals surface area contributed by atoms with Crippen LogP contribution < -0.4 is 5.32 Å². The number of amides is 1. The number of rotatable bonds is 8. The fourth-order valence-electron chi connectivity index (χ4n) is 2.07. The number of hydrogen-bond donors (Lipinski definition) is 1. The first kappa shape index (κ1) is 21.6. The lowest BCUT2D eigenvalue weighted by Crippen LogP contribution is -2.27. The Bertz CT molecular complexity index is 811. The molecule has 0 heterocycles. The molecule has 2 aromatic carbocycles. The Morgan fingerprint density at radius 3 is 2.22 bits per heavy atom. The van der Waals surface area contributed by atoms with Crippen molar-refractivity contribution < 1.29 is 23.8 Å². The second-order valence-corrected chi connectivity index (χ2v) is 5.15. The van der Waals surface area contributed by atoms with E-state index in [2.05, 4.69) is 5.32 Å². The highest BCUT2D eigenvalue weighted by atomic mass is 19.1. The Kier molecular flexibility index (Phi) is 7.95. The maximum atomic E-state index is 13.4. The van der Waals surface area contributed by atoms with E-state index in [-0.39, 0.29) is 32.7 Å². The zero-order valence-corrected chi connectivity index (χ0v) is 13.4. The van der Waals surface area contributed by atoms with Gasteiger partial charge < -0.3 is 10.1 Å². The molecule has 1 N–H and O–H groups in total. The number of nitrogens with one attached hydrogen (secondary N) is 1. The number of halogens is 1. The van der Waals surface area contributed by atoms with Crippen LogP contribution in [0.15, 0.2) is 42.5 Å². The summed E-state index contributed by atoms with van der Waals surface area (Å²) < 4.78 is 18.6. The van der Waals surface area contributed by atoms with Crippen molar-refractivity contribution in [2.24, 2.45) is 0 Å². The number of carbonyl (C=O) groups is 1. The predicted molar refractivity (Wildman–Crippen MR) is 94.9 cm³/mol. The molecule has 1 amide bonds. The number of non-ortho nitro benzene ring substituents is 2. The third kappa shape index (κ3) is 6.12. The molecule has 0 spiro atoms. The molecule has 0 aliphatic rings. The predicted octanol–water partition coefficient (Wildman–Crippen LogP) is 3.22. The summed E-state index contributed by atoms with van der Waals surface area (Å²) >= 11 is 0. The molecule has 0 saturated heterocycles. The lowest BCUT2D eigenvalue weighted by atomic mass is 10.1. The van der Waals surface area contributed by atoms with Gasteiger partial charge in [-0.1, -0.05) is 25.6 Å². The summed E-state index contributed by atoms with van der Waals surface area (Å²) in [5, 5.41) is 24.1. The van der Waals surface area contributed by atoms with Crippen molar-refractivity contribution in [3.63, 3.8) is 0 Å². The average molecular weight is 379 g/mol. The first-order valence-electron chi connectivity index (χ1n) is 7.41. The summed E-state index contributed by atoms with van der Waals surface area (Å²) in [6, 6.07) is 8.75. The number of nitrogens with zero attached hydrogens (tertiary/aromatic N) is 2. The molecule has 0 radical (unpaired) electrons. The van der Waals surface area contributed by atoms with E-state index in [1.807, 2.05) is 0 Å². The largest absolute Gasteiger partial charge is 0.375 e. The summed E-state index contributed by atoms with van der Waals surface area (Å²) in [7, 11) is 0. The molecule has 0 aromatic heterocycles. The fourth-order valence-corrected chi connectivity index (χ4v) is 2.07. The van der Waals surface area contributed by atoms with Crippen LogP contribution in [0.3, 0.4) is 0 Å². The van der Waals surface area contributed by atoms with E-state index in [4.69, 9.17) is 4.74 Å². The molecule has 0 aliphatic carbocycles. The van der Waals surface area contributed by atoms with E-state index in [1.54, 1.807) is 18.2 Å². The van der Waals surface area contributed by atoms with Crippen molar-refractivity contribution >= 4 is 17.3 Å². The topological polar surface area (TPSA) is 125 Å². The molecular formula is C17H18FN3O6. The summed E-state index contributed by atoms with van der Waals surface area (Å²) in [5.41, 5.74) is -0.951. The van der Waals surface area contributed by atoms with Gasteiger partial charge in [-0.2, -0.15) is 0 Å². The quantitative estimate of drug-likeness (QED) is 0.426. The molecule has 0 atom stereocenters. The lowest BCUT2D eigenvalue weighted by molar-refractivity contribution is -0.394. The second kappa shape index (κ2) is 9.92. The van der Waals surface area contributed by atoms with Crippen molar-refractivity contribution in [3.8, 4) is 0 Å². The van der Waals surface area contributed by atoms with Gasteiger partial charge in [0.1, 0.15) is 5.82 Å². The Morgan fingerprint density at radius 1 is 1.07 bits per heavy atom. The van der Waals surface area contributed by atoms with Gasteiger partial charge in [0.15, 0.2) is 0 Å². The van der Waals surface area contributed by atoms with Crippen molar-refractivity contribution in [1.82, 2.24) is 5.32 Å². The van der Waals surface area contributed by atoms with Crippen LogP contribution in [-0.4, -0.2) is 28.9 Å². The lowest BCUT2D eigenvalue weighted by Gasteiger charge is -2.07. The summed E-state index contributed by atoms with van der Waals surface area (Å²) in [5.74, 6) is -1.12. The zero-order chi connectivity index (χ0) is 19.1. The van der Waals surface area contributed by atoms with Crippen LogP contribution >= 0.6 is 0 Å². The third-order valence-corrected chi connectivity index (χ3v) is 3.33. The van der Waals surface area contributed by atoms with Gasteiger partial charge in [0.2, 0.25) is 0 Å². The zero-order valence-electron chi connectivity index (χ0n) is 13.4. The van der Waals surface area contributed by atoms with Gasteiger partial charge in [0.05, 0.1) is 34.7 Å². The van der Waals surface area contributed by atoms with Crippen LogP contribution in [0.4, 0.5) is 15.8 Å². The van der Waals surface area contributed by atoms with E-state index in [0.29, 0.717) is 5.56 Å². The number of benzene rings is 2. The summed E-state index contributed by atoms with van der Waals surface area (Å²) in [4.78, 5) is 32.0. The van der Waals surface area contributed by atoms with Crippen molar-refractivity contribution in [3.05, 3.63) is 79.6 Å². The SMILES string of the molecule is C.O=C(NCCOCc1ccccc1F)c1cc([N+](=O)[O-])cc([N+](=O)[O-])c1. The van der Waals surface area contributed by atoms with E-state index in [0.717, 1.165) is 18.2 Å². The monoisotopic (exact) mass is 379 g/mol. The smallest absolute Gasteiger partial charge is 0.277 e. The minimum atomic E-state index is -0.818. The van der Waals surface area contributed by atoms with Gasteiger partial charge in [-0.05, 0) is 6.07 Å². The van der Waals surface area contributed by atoms with Crippen LogP contribution in [0, 0.1) is 26.0 Å². The Labute approximate surface area is 154 Å². The molecular weight excluding hydrogens is 361 g/mol. The molecule has 9 nitrogen and oxygen atoms in total. The Morgan fingerprint density at radius 2 is 1.67 bits per heavy atom. The minimum Gasteiger partial charge on any atom is -0.375 e. The standard InChI is InChI=1S/C16H14FN3O6.CH4/c17-15-4-2-1-3-11(15)10-26-6-5-18-16(21)12-7-13(19(22)23)9-14(8-12)20(24)25;/h1-4,7-9H,5-6,10H2,(H,18,21);1H4. The highest BCUT2D eigenvalue weighted by molar-refractivity contribution is 5.95. The van der Waals surface area contributed by atoms with Crippen LogP contribution in [0.2, 0.25) is 0 Å². The minimum absolute atomic E-state index is 0. The first-order valence-corrected chi connectivity index (χ1v) is 7.41. The highest BCUT2D eigenvalue weighted by Crippen LogP contribution is 2.22. The third-order valence-electron chi connectivity index (χ3n) is 3.33. The number of carbonyl (C=O) groups excluding carboxylic acids is 1. The van der Waals surface area contributed by atoms with Crippen LogP contribution in [0.25, 0.3) is 0 Å². The first-order chi connectivity index (χ1) is 12.4. The summed E-state index contributed by atoms with van der Waals surface area (Å²) in [6.07, 6.45) is 0. The van der Waals surface area contributed by atoms with Crippen LogP contribution in [0.1, 0.15) is 23.3 Å². The highest BCUT2D eigenvalue weighted by Gasteiger charge is 2.19. The second-order valence-electron chi connectivity index (χ2n) is 5.15. The van der Waals surface area contributed by atoms with Crippen LogP contribution in [-0.2, 0) is 11.3 Å². The average Bonchev–Trinajstić information content (AvgIpc) is 2.62. The normalized spacial score (nSPS) is 9.96. The van der Waals surface area contributed by atoms with Gasteiger partial charge in [-0.15, -0.1) is 0 Å². The molecule has 27 heavy (non-hydrogen) atoms. The van der Waals surface area contributed by atoms with E-state index in [9.17, 15) is 29.4 Å². The molecule has 2 aromatic rings. The number of nitro groups is 2. The molecule has 2 rings (SSSR count). The molecule has 0 unspecified atom stereocenters. The van der Waals surface area contributed by atoms with E-state index >= 15 is 0 Å². The summed E-state index contributed by atoms with van der Waals surface area (Å²) in [6.45, 7) is 0.131. The number of hydrogen-bond acceptors (Lipinski definition) is 6. The van der Waals surface area contributed by atoms with Crippen molar-refractivity contribution in [2.45, 2.75) is 14.0 Å².